The summed E-state index contributed by atoms with van der Waals surface area (Å²) in [6.07, 6.45) is 0.544. The third kappa shape index (κ3) is 2.74. The highest BCUT2D eigenvalue weighted by Gasteiger charge is 2.44. The lowest BCUT2D eigenvalue weighted by atomic mass is 10.0. The summed E-state index contributed by atoms with van der Waals surface area (Å²) >= 11 is 0. The number of carbonyl (C=O) groups is 3. The Morgan fingerprint density at radius 1 is 1.19 bits per heavy atom. The summed E-state index contributed by atoms with van der Waals surface area (Å²) in [5, 5.41) is 0. The van der Waals surface area contributed by atoms with E-state index in [4.69, 9.17) is 0 Å². The van der Waals surface area contributed by atoms with E-state index in [1.807, 2.05) is 30.3 Å². The highest BCUT2D eigenvalue weighted by molar-refractivity contribution is 5.98. The number of cyclic esters (lactones) is 1. The molecule has 6 heteroatoms. The Kier molecular flexibility index (Phi) is 3.60. The number of hydrogen-bond acceptors (Lipinski definition) is 4. The van der Waals surface area contributed by atoms with E-state index in [-0.39, 0.29) is 24.5 Å². The number of likely N-dealkylation sites (tertiary alicyclic amines) is 1. The number of rotatable bonds is 4. The number of carbonyl (C=O) groups excluding carboxylic acids is 3. The van der Waals surface area contributed by atoms with E-state index >= 15 is 0 Å². The van der Waals surface area contributed by atoms with Crippen molar-refractivity contribution in [3.8, 4) is 0 Å². The fourth-order valence-corrected chi connectivity index (χ4v) is 2.59. The zero-order valence-corrected chi connectivity index (χ0v) is 11.5. The van der Waals surface area contributed by atoms with Gasteiger partial charge in [-0.2, -0.15) is 0 Å². The second kappa shape index (κ2) is 5.55. The molecule has 21 heavy (non-hydrogen) atoms. The van der Waals surface area contributed by atoms with Crippen molar-refractivity contribution in [2.75, 3.05) is 19.7 Å². The quantitative estimate of drug-likeness (QED) is 0.822. The van der Waals surface area contributed by atoms with Gasteiger partial charge in [0.15, 0.2) is 6.61 Å². The summed E-state index contributed by atoms with van der Waals surface area (Å²) in [6.45, 7) is 0.639. The Bertz CT molecular complexity index is 550. The molecule has 0 saturated carbocycles. The van der Waals surface area contributed by atoms with E-state index in [2.05, 4.69) is 4.74 Å². The van der Waals surface area contributed by atoms with Crippen LogP contribution in [-0.4, -0.2) is 53.4 Å². The molecule has 0 atom stereocenters. The van der Waals surface area contributed by atoms with E-state index in [1.54, 1.807) is 4.90 Å². The maximum atomic E-state index is 12.0. The lowest BCUT2D eigenvalue weighted by molar-refractivity contribution is -0.142. The predicted octanol–water partition coefficient (Wildman–Crippen LogP) is 0.809. The third-order valence-corrected chi connectivity index (χ3v) is 3.83. The van der Waals surface area contributed by atoms with Gasteiger partial charge in [0.2, 0.25) is 5.91 Å². The van der Waals surface area contributed by atoms with Crippen molar-refractivity contribution < 1.29 is 19.1 Å². The summed E-state index contributed by atoms with van der Waals surface area (Å²) in [5.74, 6) is -0.267. The molecule has 3 rings (SSSR count). The molecular weight excluding hydrogens is 272 g/mol. The van der Waals surface area contributed by atoms with Gasteiger partial charge in [-0.1, -0.05) is 30.3 Å². The number of ether oxygens (including phenoxy) is 1. The molecule has 0 aromatic heterocycles. The highest BCUT2D eigenvalue weighted by atomic mass is 16.6. The van der Waals surface area contributed by atoms with E-state index in [0.29, 0.717) is 25.9 Å². The lowest BCUT2D eigenvalue weighted by Crippen LogP contribution is -2.62. The second-order valence-corrected chi connectivity index (χ2v) is 5.26. The summed E-state index contributed by atoms with van der Waals surface area (Å²) < 4.78 is 4.67. The van der Waals surface area contributed by atoms with Crippen LogP contribution in [0.5, 0.6) is 0 Å². The molecule has 0 unspecified atom stereocenters. The summed E-state index contributed by atoms with van der Waals surface area (Å²) in [6, 6.07) is 9.59. The van der Waals surface area contributed by atoms with Gasteiger partial charge in [0, 0.05) is 19.5 Å². The average Bonchev–Trinajstić information content (AvgIpc) is 2.77. The van der Waals surface area contributed by atoms with Crippen molar-refractivity contribution in [3.05, 3.63) is 35.9 Å². The topological polar surface area (TPSA) is 66.9 Å². The van der Waals surface area contributed by atoms with Crippen molar-refractivity contribution in [2.24, 2.45) is 0 Å². The van der Waals surface area contributed by atoms with Crippen LogP contribution in [0.3, 0.4) is 0 Å². The minimum atomic E-state index is -0.596. The molecule has 0 aliphatic carbocycles. The van der Waals surface area contributed by atoms with Gasteiger partial charge < -0.3 is 9.64 Å². The fraction of sp³-hybridized carbons (Fsp3) is 0.400. The normalized spacial score (nSPS) is 18.7. The van der Waals surface area contributed by atoms with Gasteiger partial charge in [0.25, 0.3) is 5.91 Å². The average molecular weight is 288 g/mol. The molecule has 1 aromatic carbocycles. The maximum Gasteiger partial charge on any atom is 0.417 e. The monoisotopic (exact) mass is 288 g/mol. The molecule has 2 saturated heterocycles. The minimum Gasteiger partial charge on any atom is -0.439 e. The number of benzene rings is 1. The van der Waals surface area contributed by atoms with Crippen LogP contribution in [-0.2, 0) is 20.7 Å². The lowest BCUT2D eigenvalue weighted by Gasteiger charge is -2.42. The van der Waals surface area contributed by atoms with Crippen molar-refractivity contribution in [1.82, 2.24) is 9.80 Å². The summed E-state index contributed by atoms with van der Waals surface area (Å²) in [7, 11) is 0. The van der Waals surface area contributed by atoms with Crippen LogP contribution in [0.1, 0.15) is 12.0 Å². The molecule has 2 fully saturated rings. The first-order valence-electron chi connectivity index (χ1n) is 6.95. The van der Waals surface area contributed by atoms with Gasteiger partial charge in [0.05, 0.1) is 6.04 Å². The summed E-state index contributed by atoms with van der Waals surface area (Å²) in [4.78, 5) is 37.7. The molecule has 0 radical (unpaired) electrons. The number of hydrogen-bond donors (Lipinski definition) is 0. The van der Waals surface area contributed by atoms with Crippen LogP contribution in [0.2, 0.25) is 0 Å². The van der Waals surface area contributed by atoms with Crippen molar-refractivity contribution in [3.63, 3.8) is 0 Å². The highest BCUT2D eigenvalue weighted by Crippen LogP contribution is 2.20. The molecule has 0 spiro atoms. The second-order valence-electron chi connectivity index (χ2n) is 5.26. The molecule has 1 aromatic rings. The Morgan fingerprint density at radius 2 is 1.90 bits per heavy atom. The predicted molar refractivity (Wildman–Crippen MR) is 73.3 cm³/mol. The maximum absolute atomic E-state index is 12.0. The number of nitrogens with zero attached hydrogens (tertiary/aromatic N) is 2. The van der Waals surface area contributed by atoms with Gasteiger partial charge >= 0.3 is 6.09 Å². The van der Waals surface area contributed by atoms with Crippen LogP contribution < -0.4 is 0 Å². The van der Waals surface area contributed by atoms with Crippen molar-refractivity contribution in [1.29, 1.82) is 0 Å². The van der Waals surface area contributed by atoms with E-state index in [0.717, 1.165) is 10.5 Å². The first kappa shape index (κ1) is 13.6. The van der Waals surface area contributed by atoms with Crippen LogP contribution in [0.4, 0.5) is 4.79 Å². The third-order valence-electron chi connectivity index (χ3n) is 3.83. The van der Waals surface area contributed by atoms with Crippen LogP contribution >= 0.6 is 0 Å². The molecule has 0 bridgehead atoms. The molecule has 0 N–H and O–H groups in total. The molecule has 6 nitrogen and oxygen atoms in total. The van der Waals surface area contributed by atoms with Gasteiger partial charge in [0.1, 0.15) is 0 Å². The first-order chi connectivity index (χ1) is 10.1. The van der Waals surface area contributed by atoms with Gasteiger partial charge in [-0.05, 0) is 12.0 Å². The van der Waals surface area contributed by atoms with E-state index in [1.165, 1.54) is 0 Å². The standard InChI is InChI=1S/C15H16N2O4/c18-13(7-6-11-4-2-1-3-5-11)16-8-12(9-16)17-14(19)10-21-15(17)20/h1-5,12H,6-10H2. The van der Waals surface area contributed by atoms with Crippen LogP contribution in [0.15, 0.2) is 30.3 Å². The molecule has 2 heterocycles. The number of aryl methyl sites for hydroxylation is 1. The van der Waals surface area contributed by atoms with Gasteiger partial charge in [-0.3, -0.25) is 9.59 Å². The van der Waals surface area contributed by atoms with Crippen LogP contribution in [0, 0.1) is 0 Å². The van der Waals surface area contributed by atoms with Gasteiger partial charge in [-0.25, -0.2) is 9.69 Å². The van der Waals surface area contributed by atoms with Gasteiger partial charge in [-0.15, -0.1) is 0 Å². The Labute approximate surface area is 122 Å². The number of amides is 3. The van der Waals surface area contributed by atoms with Crippen molar-refractivity contribution >= 4 is 17.9 Å². The molecular formula is C15H16N2O4. The molecule has 2 aliphatic heterocycles. The molecule has 3 amide bonds. The fourth-order valence-electron chi connectivity index (χ4n) is 2.59. The SMILES string of the molecule is O=C(CCc1ccccc1)N1CC(N2C(=O)COC2=O)C1. The van der Waals surface area contributed by atoms with Crippen LogP contribution in [0.25, 0.3) is 0 Å². The smallest absolute Gasteiger partial charge is 0.417 e. The summed E-state index contributed by atoms with van der Waals surface area (Å²) in [5.41, 5.74) is 1.13. The Morgan fingerprint density at radius 3 is 2.52 bits per heavy atom. The zero-order chi connectivity index (χ0) is 14.8. The first-order valence-corrected chi connectivity index (χ1v) is 6.95. The Hall–Kier alpha value is -2.37. The van der Waals surface area contributed by atoms with E-state index < -0.39 is 6.09 Å². The van der Waals surface area contributed by atoms with Crippen molar-refractivity contribution in [2.45, 2.75) is 18.9 Å². The molecule has 2 aliphatic rings. The Balaban J connectivity index is 1.46. The zero-order valence-electron chi connectivity index (χ0n) is 11.5. The largest absolute Gasteiger partial charge is 0.439 e. The van der Waals surface area contributed by atoms with E-state index in [9.17, 15) is 14.4 Å². The minimum absolute atomic E-state index is 0.0510. The number of imide groups is 1. The molecule has 110 valence electrons.